The van der Waals surface area contributed by atoms with E-state index in [9.17, 15) is 18.0 Å². The Balaban J connectivity index is 1.63. The number of hydrogen-bond donors (Lipinski definition) is 1. The fourth-order valence-electron chi connectivity index (χ4n) is 2.39. The molecule has 0 bridgehead atoms. The highest BCUT2D eigenvalue weighted by molar-refractivity contribution is 5.98. The second-order valence-corrected chi connectivity index (χ2v) is 6.23. The molecule has 0 aliphatic rings. The van der Waals surface area contributed by atoms with Gasteiger partial charge in [-0.3, -0.25) is 0 Å². The van der Waals surface area contributed by atoms with E-state index in [1.165, 1.54) is 12.1 Å². The third kappa shape index (κ3) is 5.34. The van der Waals surface area contributed by atoms with E-state index >= 15 is 0 Å². The molecule has 0 saturated carbocycles. The average molecular weight is 415 g/mol. The lowest BCUT2D eigenvalue weighted by Crippen LogP contribution is -2.15. The van der Waals surface area contributed by atoms with Crippen LogP contribution in [0.15, 0.2) is 72.0 Å². The molecule has 3 rings (SSSR count). The molecule has 0 unspecified atom stereocenters. The van der Waals surface area contributed by atoms with Gasteiger partial charge in [0, 0.05) is 17.8 Å². The zero-order chi connectivity index (χ0) is 21.7. The number of carbonyl (C=O) groups is 1. The van der Waals surface area contributed by atoms with Crippen molar-refractivity contribution in [1.82, 2.24) is 4.98 Å². The van der Waals surface area contributed by atoms with Crippen molar-refractivity contribution in [2.45, 2.75) is 13.1 Å². The van der Waals surface area contributed by atoms with E-state index in [0.717, 1.165) is 17.7 Å². The number of pyridine rings is 1. The van der Waals surface area contributed by atoms with Crippen molar-refractivity contribution < 1.29 is 27.5 Å². The minimum Gasteiger partial charge on any atom is -0.439 e. The number of hydrogen-bond acceptors (Lipinski definition) is 5. The number of carbonyl (C=O) groups excluding carboxylic acids is 1. The van der Waals surface area contributed by atoms with Gasteiger partial charge in [-0.1, -0.05) is 22.9 Å². The van der Waals surface area contributed by atoms with Crippen LogP contribution >= 0.6 is 0 Å². The SMILES string of the molecule is Cc1cccc(C(=O)ON=C(N)c2ccc(Oc3ccc(C(F)(F)F)cn3)cc2)c1. The second kappa shape index (κ2) is 8.64. The first-order valence-corrected chi connectivity index (χ1v) is 8.65. The maximum absolute atomic E-state index is 12.6. The third-order valence-electron chi connectivity index (χ3n) is 3.92. The minimum atomic E-state index is -4.47. The summed E-state index contributed by atoms with van der Waals surface area (Å²) >= 11 is 0. The van der Waals surface area contributed by atoms with Crippen LogP contribution in [0.2, 0.25) is 0 Å². The van der Waals surface area contributed by atoms with E-state index in [0.29, 0.717) is 23.1 Å². The van der Waals surface area contributed by atoms with Gasteiger partial charge < -0.3 is 15.3 Å². The van der Waals surface area contributed by atoms with Crippen LogP contribution in [0.3, 0.4) is 0 Å². The Bertz CT molecular complexity index is 1060. The lowest BCUT2D eigenvalue weighted by atomic mass is 10.1. The molecular weight excluding hydrogens is 399 g/mol. The Morgan fingerprint density at radius 2 is 1.77 bits per heavy atom. The van der Waals surface area contributed by atoms with Gasteiger partial charge in [-0.2, -0.15) is 13.2 Å². The molecule has 3 aromatic rings. The summed E-state index contributed by atoms with van der Waals surface area (Å²) in [6.07, 6.45) is -3.77. The van der Waals surface area contributed by atoms with E-state index in [2.05, 4.69) is 10.1 Å². The van der Waals surface area contributed by atoms with Gasteiger partial charge in [0.15, 0.2) is 5.84 Å². The summed E-state index contributed by atoms with van der Waals surface area (Å²) < 4.78 is 43.1. The molecule has 1 heterocycles. The number of benzene rings is 2. The van der Waals surface area contributed by atoms with Crippen LogP contribution in [-0.4, -0.2) is 16.8 Å². The summed E-state index contributed by atoms with van der Waals surface area (Å²) in [6, 6.07) is 15.0. The van der Waals surface area contributed by atoms with E-state index in [-0.39, 0.29) is 11.7 Å². The molecule has 30 heavy (non-hydrogen) atoms. The molecule has 9 heteroatoms. The average Bonchev–Trinajstić information content (AvgIpc) is 2.72. The highest BCUT2D eigenvalue weighted by atomic mass is 19.4. The first kappa shape index (κ1) is 20.8. The Kier molecular flexibility index (Phi) is 6.01. The summed E-state index contributed by atoms with van der Waals surface area (Å²) in [5, 5.41) is 3.63. The van der Waals surface area contributed by atoms with Crippen LogP contribution < -0.4 is 10.5 Å². The predicted molar refractivity (Wildman–Crippen MR) is 103 cm³/mol. The zero-order valence-electron chi connectivity index (χ0n) is 15.7. The van der Waals surface area contributed by atoms with Crippen molar-refractivity contribution in [3.05, 3.63) is 89.1 Å². The molecule has 0 amide bonds. The molecule has 0 aliphatic heterocycles. The number of amidine groups is 1. The maximum atomic E-state index is 12.6. The zero-order valence-corrected chi connectivity index (χ0v) is 15.7. The first-order valence-electron chi connectivity index (χ1n) is 8.65. The fourth-order valence-corrected chi connectivity index (χ4v) is 2.39. The Hall–Kier alpha value is -3.88. The Labute approximate surface area is 169 Å². The normalized spacial score (nSPS) is 11.8. The number of rotatable bonds is 5. The number of ether oxygens (including phenoxy) is 1. The van der Waals surface area contributed by atoms with Crippen LogP contribution in [0, 0.1) is 6.92 Å². The molecule has 154 valence electrons. The van der Waals surface area contributed by atoms with E-state index in [1.54, 1.807) is 30.3 Å². The van der Waals surface area contributed by atoms with Crippen molar-refractivity contribution in [1.29, 1.82) is 0 Å². The molecular formula is C21H16F3N3O3. The van der Waals surface area contributed by atoms with Gasteiger partial charge in [-0.15, -0.1) is 0 Å². The quantitative estimate of drug-likeness (QED) is 0.283. The van der Waals surface area contributed by atoms with Crippen LogP contribution in [0.25, 0.3) is 0 Å². The van der Waals surface area contributed by atoms with Gasteiger partial charge in [0.1, 0.15) is 5.75 Å². The smallest absolute Gasteiger partial charge is 0.417 e. The van der Waals surface area contributed by atoms with Crippen molar-refractivity contribution in [3.63, 3.8) is 0 Å². The molecule has 0 atom stereocenters. The largest absolute Gasteiger partial charge is 0.439 e. The molecule has 2 N–H and O–H groups in total. The van der Waals surface area contributed by atoms with Crippen molar-refractivity contribution in [3.8, 4) is 11.6 Å². The monoisotopic (exact) mass is 415 g/mol. The number of aromatic nitrogens is 1. The van der Waals surface area contributed by atoms with Gasteiger partial charge in [-0.05, 0) is 49.4 Å². The van der Waals surface area contributed by atoms with E-state index in [4.69, 9.17) is 15.3 Å². The fraction of sp³-hybridized carbons (Fsp3) is 0.0952. The molecule has 6 nitrogen and oxygen atoms in total. The molecule has 0 fully saturated rings. The molecule has 0 spiro atoms. The van der Waals surface area contributed by atoms with Crippen molar-refractivity contribution >= 4 is 11.8 Å². The van der Waals surface area contributed by atoms with Crippen molar-refractivity contribution in [2.75, 3.05) is 0 Å². The van der Waals surface area contributed by atoms with Crippen LogP contribution in [0.1, 0.15) is 27.0 Å². The summed E-state index contributed by atoms with van der Waals surface area (Å²) in [5.74, 6) is -0.342. The van der Waals surface area contributed by atoms with Crippen LogP contribution in [0.5, 0.6) is 11.6 Å². The number of aryl methyl sites for hydroxylation is 1. The molecule has 2 aromatic carbocycles. The number of nitrogens with zero attached hydrogens (tertiary/aromatic N) is 2. The van der Waals surface area contributed by atoms with Gasteiger partial charge in [-0.25, -0.2) is 9.78 Å². The number of nitrogens with two attached hydrogens (primary N) is 1. The molecule has 1 aromatic heterocycles. The summed E-state index contributed by atoms with van der Waals surface area (Å²) in [6.45, 7) is 1.85. The van der Waals surface area contributed by atoms with Gasteiger partial charge in [0.2, 0.25) is 5.88 Å². The topological polar surface area (TPSA) is 86.8 Å². The van der Waals surface area contributed by atoms with Crippen molar-refractivity contribution in [2.24, 2.45) is 10.9 Å². The van der Waals surface area contributed by atoms with E-state index in [1.807, 2.05) is 13.0 Å². The number of oxime groups is 1. The predicted octanol–water partition coefficient (Wildman–Crippen LogP) is 4.68. The highest BCUT2D eigenvalue weighted by Gasteiger charge is 2.30. The standard InChI is InChI=1S/C21H16F3N3O3/c1-13-3-2-4-15(11-13)20(28)30-27-19(25)14-5-8-17(9-6-14)29-18-10-7-16(12-26-18)21(22,23)24/h2-12H,1H3,(H2,25,27). The summed E-state index contributed by atoms with van der Waals surface area (Å²) in [4.78, 5) is 20.5. The molecule has 0 saturated heterocycles. The Morgan fingerprint density at radius 3 is 2.37 bits per heavy atom. The van der Waals surface area contributed by atoms with Gasteiger partial charge in [0.25, 0.3) is 0 Å². The van der Waals surface area contributed by atoms with Gasteiger partial charge >= 0.3 is 12.1 Å². The lowest BCUT2D eigenvalue weighted by molar-refractivity contribution is -0.137. The summed E-state index contributed by atoms with van der Waals surface area (Å²) in [5.41, 5.74) is 6.67. The molecule has 0 radical (unpaired) electrons. The van der Waals surface area contributed by atoms with Crippen LogP contribution in [0.4, 0.5) is 13.2 Å². The highest BCUT2D eigenvalue weighted by Crippen LogP contribution is 2.30. The first-order chi connectivity index (χ1) is 14.2. The van der Waals surface area contributed by atoms with E-state index < -0.39 is 17.7 Å². The number of alkyl halides is 3. The lowest BCUT2D eigenvalue weighted by Gasteiger charge is -2.08. The summed E-state index contributed by atoms with van der Waals surface area (Å²) in [7, 11) is 0. The van der Waals surface area contributed by atoms with Gasteiger partial charge in [0.05, 0.1) is 11.1 Å². The molecule has 0 aliphatic carbocycles. The minimum absolute atomic E-state index is 0.00414. The third-order valence-corrected chi connectivity index (χ3v) is 3.92. The number of halogens is 3. The maximum Gasteiger partial charge on any atom is 0.417 e. The van der Waals surface area contributed by atoms with Crippen LogP contribution in [-0.2, 0) is 11.0 Å². The Morgan fingerprint density at radius 1 is 1.03 bits per heavy atom. The second-order valence-electron chi connectivity index (χ2n) is 6.23.